The number of anilines is 1. The van der Waals surface area contributed by atoms with Crippen molar-refractivity contribution >= 4 is 23.0 Å². The smallest absolute Gasteiger partial charge is 0.171 e. The van der Waals surface area contributed by atoms with Gasteiger partial charge < -0.3 is 20.1 Å². The summed E-state index contributed by atoms with van der Waals surface area (Å²) < 4.78 is 12.6. The molecule has 0 amide bonds. The van der Waals surface area contributed by atoms with Gasteiger partial charge in [0.15, 0.2) is 5.11 Å². The number of hydrogen-bond donors (Lipinski definition) is 2. The highest BCUT2D eigenvalue weighted by Crippen LogP contribution is 2.29. The molecule has 0 saturated heterocycles. The van der Waals surface area contributed by atoms with Crippen molar-refractivity contribution < 1.29 is 9.47 Å². The Kier molecular flexibility index (Phi) is 6.67. The molecule has 6 nitrogen and oxygen atoms in total. The van der Waals surface area contributed by atoms with E-state index in [1.807, 2.05) is 77.6 Å². The fourth-order valence-corrected chi connectivity index (χ4v) is 3.52. The number of ether oxygens (including phenoxy) is 2. The molecule has 0 fully saturated rings. The maximum atomic E-state index is 5.53. The van der Waals surface area contributed by atoms with Crippen molar-refractivity contribution in [3.05, 3.63) is 90.6 Å². The van der Waals surface area contributed by atoms with Crippen molar-refractivity contribution in [1.29, 1.82) is 0 Å². The molecule has 0 radical (unpaired) electrons. The van der Waals surface area contributed by atoms with Crippen LogP contribution in [-0.2, 0) is 6.54 Å². The maximum absolute atomic E-state index is 5.53. The molecule has 0 aliphatic heterocycles. The molecular formula is C25H24N4O2S. The van der Waals surface area contributed by atoms with Crippen molar-refractivity contribution in [3.8, 4) is 28.4 Å². The minimum atomic E-state index is 0.486. The van der Waals surface area contributed by atoms with E-state index in [2.05, 4.69) is 22.8 Å². The molecule has 0 atom stereocenters. The third-order valence-corrected chi connectivity index (χ3v) is 5.20. The molecule has 0 aliphatic carbocycles. The fourth-order valence-electron chi connectivity index (χ4n) is 3.33. The van der Waals surface area contributed by atoms with E-state index in [0.717, 1.165) is 28.2 Å². The van der Waals surface area contributed by atoms with E-state index in [-0.39, 0.29) is 0 Å². The highest BCUT2D eigenvalue weighted by molar-refractivity contribution is 7.80. The Morgan fingerprint density at radius 3 is 2.34 bits per heavy atom. The van der Waals surface area contributed by atoms with Gasteiger partial charge in [-0.1, -0.05) is 48.5 Å². The van der Waals surface area contributed by atoms with Gasteiger partial charge in [-0.3, -0.25) is 0 Å². The van der Waals surface area contributed by atoms with Crippen molar-refractivity contribution in [1.82, 2.24) is 15.1 Å². The van der Waals surface area contributed by atoms with Crippen LogP contribution in [0.25, 0.3) is 16.9 Å². The minimum absolute atomic E-state index is 0.486. The average molecular weight is 445 g/mol. The normalized spacial score (nSPS) is 10.4. The molecule has 0 bridgehead atoms. The monoisotopic (exact) mass is 444 g/mol. The first kappa shape index (κ1) is 21.4. The van der Waals surface area contributed by atoms with Crippen LogP contribution in [0.1, 0.15) is 5.56 Å². The van der Waals surface area contributed by atoms with E-state index >= 15 is 0 Å². The number of benzene rings is 3. The number of hydrogen-bond acceptors (Lipinski definition) is 4. The van der Waals surface area contributed by atoms with Gasteiger partial charge in [0.1, 0.15) is 11.5 Å². The summed E-state index contributed by atoms with van der Waals surface area (Å²) in [5.74, 6) is 1.36. The van der Waals surface area contributed by atoms with Crippen LogP contribution in [0.5, 0.6) is 11.5 Å². The molecule has 0 unspecified atom stereocenters. The predicted octanol–water partition coefficient (Wildman–Crippen LogP) is 5.04. The molecule has 3 aromatic carbocycles. The summed E-state index contributed by atoms with van der Waals surface area (Å²) in [7, 11) is 3.23. The SMILES string of the molecule is COc1ccc(NC(=S)NCc2cn(-c3ccccc3)nc2-c2ccccc2)c(OC)c1. The van der Waals surface area contributed by atoms with E-state index in [9.17, 15) is 0 Å². The lowest BCUT2D eigenvalue weighted by Gasteiger charge is -2.14. The van der Waals surface area contributed by atoms with E-state index in [4.69, 9.17) is 26.8 Å². The standard InChI is InChI=1S/C25H24N4O2S/c1-30-21-13-14-22(23(15-21)31-2)27-25(32)26-16-19-17-29(20-11-7-4-8-12-20)28-24(19)18-9-5-3-6-10-18/h3-15,17H,16H2,1-2H3,(H2,26,27,32). The van der Waals surface area contributed by atoms with Gasteiger partial charge in [0.05, 0.1) is 31.3 Å². The molecule has 162 valence electrons. The molecular weight excluding hydrogens is 420 g/mol. The lowest BCUT2D eigenvalue weighted by molar-refractivity contribution is 0.395. The Labute approximate surface area is 192 Å². The van der Waals surface area contributed by atoms with Gasteiger partial charge in [0, 0.05) is 29.9 Å². The van der Waals surface area contributed by atoms with Gasteiger partial charge in [-0.25, -0.2) is 4.68 Å². The first-order chi connectivity index (χ1) is 15.7. The molecule has 4 aromatic rings. The molecule has 0 spiro atoms. The Bertz CT molecular complexity index is 1190. The molecule has 2 N–H and O–H groups in total. The van der Waals surface area contributed by atoms with Crippen LogP contribution in [0.2, 0.25) is 0 Å². The van der Waals surface area contributed by atoms with Crippen LogP contribution in [0, 0.1) is 0 Å². The molecule has 1 heterocycles. The molecule has 7 heteroatoms. The van der Waals surface area contributed by atoms with Gasteiger partial charge in [0.2, 0.25) is 0 Å². The topological polar surface area (TPSA) is 60.3 Å². The lowest BCUT2D eigenvalue weighted by atomic mass is 10.1. The zero-order valence-electron chi connectivity index (χ0n) is 17.9. The summed E-state index contributed by atoms with van der Waals surface area (Å²) in [6, 6.07) is 25.7. The van der Waals surface area contributed by atoms with Crippen LogP contribution in [0.4, 0.5) is 5.69 Å². The molecule has 0 saturated carbocycles. The Balaban J connectivity index is 1.54. The average Bonchev–Trinajstić information content (AvgIpc) is 3.28. The Morgan fingerprint density at radius 1 is 0.938 bits per heavy atom. The second kappa shape index (κ2) is 9.98. The first-order valence-corrected chi connectivity index (χ1v) is 10.5. The maximum Gasteiger partial charge on any atom is 0.171 e. The number of nitrogens with zero attached hydrogens (tertiary/aromatic N) is 2. The molecule has 32 heavy (non-hydrogen) atoms. The fraction of sp³-hybridized carbons (Fsp3) is 0.120. The number of methoxy groups -OCH3 is 2. The Morgan fingerprint density at radius 2 is 1.66 bits per heavy atom. The van der Waals surface area contributed by atoms with Crippen LogP contribution >= 0.6 is 12.2 Å². The zero-order chi connectivity index (χ0) is 22.3. The second-order valence-corrected chi connectivity index (χ2v) is 7.43. The quantitative estimate of drug-likeness (QED) is 0.389. The van der Waals surface area contributed by atoms with Gasteiger partial charge in [-0.15, -0.1) is 0 Å². The third kappa shape index (κ3) is 4.90. The summed E-state index contributed by atoms with van der Waals surface area (Å²) in [5, 5.41) is 11.8. The molecule has 4 rings (SSSR count). The summed E-state index contributed by atoms with van der Waals surface area (Å²) in [4.78, 5) is 0. The van der Waals surface area contributed by atoms with Crippen molar-refractivity contribution in [3.63, 3.8) is 0 Å². The third-order valence-electron chi connectivity index (χ3n) is 4.95. The van der Waals surface area contributed by atoms with Gasteiger partial charge in [-0.2, -0.15) is 5.10 Å². The van der Waals surface area contributed by atoms with Crippen LogP contribution in [-0.4, -0.2) is 29.1 Å². The number of nitrogens with one attached hydrogen (secondary N) is 2. The van der Waals surface area contributed by atoms with Crippen molar-refractivity contribution in [2.24, 2.45) is 0 Å². The number of para-hydroxylation sites is 1. The number of rotatable bonds is 7. The van der Waals surface area contributed by atoms with E-state index in [1.54, 1.807) is 14.2 Å². The van der Waals surface area contributed by atoms with E-state index in [1.165, 1.54) is 0 Å². The second-order valence-electron chi connectivity index (χ2n) is 7.02. The minimum Gasteiger partial charge on any atom is -0.497 e. The zero-order valence-corrected chi connectivity index (χ0v) is 18.7. The largest absolute Gasteiger partial charge is 0.497 e. The van der Waals surface area contributed by atoms with Gasteiger partial charge in [0.25, 0.3) is 0 Å². The molecule has 0 aliphatic rings. The highest BCUT2D eigenvalue weighted by atomic mass is 32.1. The van der Waals surface area contributed by atoms with E-state index in [0.29, 0.717) is 23.2 Å². The van der Waals surface area contributed by atoms with Crippen molar-refractivity contribution in [2.75, 3.05) is 19.5 Å². The highest BCUT2D eigenvalue weighted by Gasteiger charge is 2.13. The van der Waals surface area contributed by atoms with E-state index < -0.39 is 0 Å². The predicted molar refractivity (Wildman–Crippen MR) is 132 cm³/mol. The Hall–Kier alpha value is -3.84. The van der Waals surface area contributed by atoms with Crippen LogP contribution in [0.15, 0.2) is 85.1 Å². The summed E-state index contributed by atoms with van der Waals surface area (Å²) in [5.41, 5.74) is 4.75. The number of thiocarbonyl (C=S) groups is 1. The van der Waals surface area contributed by atoms with Gasteiger partial charge in [-0.05, 0) is 36.5 Å². The first-order valence-electron chi connectivity index (χ1n) is 10.1. The number of aromatic nitrogens is 2. The van der Waals surface area contributed by atoms with Crippen LogP contribution < -0.4 is 20.1 Å². The summed E-state index contributed by atoms with van der Waals surface area (Å²) in [6.07, 6.45) is 2.03. The molecule has 1 aromatic heterocycles. The van der Waals surface area contributed by atoms with Gasteiger partial charge >= 0.3 is 0 Å². The van der Waals surface area contributed by atoms with Crippen LogP contribution in [0.3, 0.4) is 0 Å². The lowest BCUT2D eigenvalue weighted by Crippen LogP contribution is -2.28. The van der Waals surface area contributed by atoms with Crippen molar-refractivity contribution in [2.45, 2.75) is 6.54 Å². The summed E-state index contributed by atoms with van der Waals surface area (Å²) >= 11 is 5.53. The summed E-state index contributed by atoms with van der Waals surface area (Å²) in [6.45, 7) is 0.515.